The molecule has 2 aromatic heterocycles. The van der Waals surface area contributed by atoms with Crippen molar-refractivity contribution in [3.8, 4) is 11.3 Å². The first kappa shape index (κ1) is 12.7. The summed E-state index contributed by atoms with van der Waals surface area (Å²) in [5, 5.41) is 5.27. The third-order valence-corrected chi connectivity index (χ3v) is 3.07. The summed E-state index contributed by atoms with van der Waals surface area (Å²) in [6.45, 7) is 0.520. The van der Waals surface area contributed by atoms with Gasteiger partial charge in [0.1, 0.15) is 0 Å². The zero-order chi connectivity index (χ0) is 12.8. The fraction of sp³-hybridized carbons (Fsp3) is 0.250. The first-order valence-corrected chi connectivity index (χ1v) is 6.53. The molecular weight excluding hydrogens is 248 g/mol. The standard InChI is InChI=1S/C12H14N4OS/c13-5-1-4-11(17)16-12-15-10(8-18-12)9-3-2-6-14-7-9/h2-3,6-8H,1,4-5,13H2,(H,15,16,17). The Bertz CT molecular complexity index is 512. The molecule has 1 amide bonds. The van der Waals surface area contributed by atoms with Crippen LogP contribution in [0.3, 0.4) is 0 Å². The van der Waals surface area contributed by atoms with E-state index in [4.69, 9.17) is 5.73 Å². The van der Waals surface area contributed by atoms with Crippen molar-refractivity contribution in [1.82, 2.24) is 9.97 Å². The molecule has 2 rings (SSSR count). The van der Waals surface area contributed by atoms with E-state index in [2.05, 4.69) is 15.3 Å². The summed E-state index contributed by atoms with van der Waals surface area (Å²) in [6, 6.07) is 3.79. The van der Waals surface area contributed by atoms with Crippen molar-refractivity contribution in [2.45, 2.75) is 12.8 Å². The quantitative estimate of drug-likeness (QED) is 0.862. The lowest BCUT2D eigenvalue weighted by Gasteiger charge is -1.99. The van der Waals surface area contributed by atoms with Crippen molar-refractivity contribution in [2.75, 3.05) is 11.9 Å². The number of hydrogen-bond acceptors (Lipinski definition) is 5. The van der Waals surface area contributed by atoms with E-state index in [1.165, 1.54) is 11.3 Å². The molecule has 0 fully saturated rings. The molecule has 0 saturated carbocycles. The van der Waals surface area contributed by atoms with Crippen LogP contribution in [0.4, 0.5) is 5.13 Å². The van der Waals surface area contributed by atoms with Gasteiger partial charge < -0.3 is 11.1 Å². The lowest BCUT2D eigenvalue weighted by molar-refractivity contribution is -0.116. The average Bonchev–Trinajstić information content (AvgIpc) is 2.86. The molecule has 0 bridgehead atoms. The summed E-state index contributed by atoms with van der Waals surface area (Å²) in [5.74, 6) is -0.0486. The molecular formula is C12H14N4OS. The highest BCUT2D eigenvalue weighted by Crippen LogP contribution is 2.24. The van der Waals surface area contributed by atoms with Gasteiger partial charge in [0.2, 0.25) is 5.91 Å². The molecule has 2 aromatic rings. The van der Waals surface area contributed by atoms with Crippen LogP contribution in [0, 0.1) is 0 Å². The summed E-state index contributed by atoms with van der Waals surface area (Å²) in [5.41, 5.74) is 7.11. The Morgan fingerprint density at radius 3 is 3.11 bits per heavy atom. The zero-order valence-electron chi connectivity index (χ0n) is 9.80. The third kappa shape index (κ3) is 3.35. The van der Waals surface area contributed by atoms with Crippen LogP contribution in [0.1, 0.15) is 12.8 Å². The molecule has 94 valence electrons. The molecule has 3 N–H and O–H groups in total. The van der Waals surface area contributed by atoms with Crippen LogP contribution in [0.15, 0.2) is 29.9 Å². The second-order valence-corrected chi connectivity index (χ2v) is 4.58. The van der Waals surface area contributed by atoms with Gasteiger partial charge in [-0.15, -0.1) is 11.3 Å². The summed E-state index contributed by atoms with van der Waals surface area (Å²) < 4.78 is 0. The number of carbonyl (C=O) groups excluding carboxylic acids is 1. The van der Waals surface area contributed by atoms with Gasteiger partial charge >= 0.3 is 0 Å². The van der Waals surface area contributed by atoms with Crippen molar-refractivity contribution >= 4 is 22.4 Å². The Labute approximate surface area is 109 Å². The number of thiazole rings is 1. The average molecular weight is 262 g/mol. The van der Waals surface area contributed by atoms with Crippen LogP contribution < -0.4 is 11.1 Å². The van der Waals surface area contributed by atoms with E-state index in [1.54, 1.807) is 12.4 Å². The second kappa shape index (κ2) is 6.23. The minimum atomic E-state index is -0.0486. The van der Waals surface area contributed by atoms with Gasteiger partial charge in [0.15, 0.2) is 5.13 Å². The summed E-state index contributed by atoms with van der Waals surface area (Å²) in [7, 11) is 0. The van der Waals surface area contributed by atoms with Crippen molar-refractivity contribution in [3.63, 3.8) is 0 Å². The van der Waals surface area contributed by atoms with Crippen molar-refractivity contribution < 1.29 is 4.79 Å². The number of aromatic nitrogens is 2. The van der Waals surface area contributed by atoms with Gasteiger partial charge in [0, 0.05) is 29.8 Å². The first-order valence-electron chi connectivity index (χ1n) is 5.65. The highest BCUT2D eigenvalue weighted by atomic mass is 32.1. The van der Waals surface area contributed by atoms with E-state index in [0.29, 0.717) is 24.5 Å². The normalized spacial score (nSPS) is 10.3. The van der Waals surface area contributed by atoms with Crippen LogP contribution in [0.25, 0.3) is 11.3 Å². The molecule has 0 aliphatic rings. The molecule has 5 nitrogen and oxygen atoms in total. The molecule has 0 aromatic carbocycles. The number of rotatable bonds is 5. The fourth-order valence-electron chi connectivity index (χ4n) is 1.42. The maximum atomic E-state index is 11.5. The SMILES string of the molecule is NCCCC(=O)Nc1nc(-c2cccnc2)cs1. The molecule has 2 heterocycles. The number of pyridine rings is 1. The number of nitrogens with two attached hydrogens (primary N) is 1. The fourth-order valence-corrected chi connectivity index (χ4v) is 2.16. The number of nitrogens with zero attached hydrogens (tertiary/aromatic N) is 2. The molecule has 0 radical (unpaired) electrons. The van der Waals surface area contributed by atoms with Gasteiger partial charge in [-0.3, -0.25) is 9.78 Å². The van der Waals surface area contributed by atoms with E-state index >= 15 is 0 Å². The topological polar surface area (TPSA) is 80.9 Å². The molecule has 0 aliphatic heterocycles. The van der Waals surface area contributed by atoms with Gasteiger partial charge in [-0.05, 0) is 25.1 Å². The van der Waals surface area contributed by atoms with Crippen molar-refractivity contribution in [2.24, 2.45) is 5.73 Å². The molecule has 6 heteroatoms. The highest BCUT2D eigenvalue weighted by molar-refractivity contribution is 7.14. The monoisotopic (exact) mass is 262 g/mol. The predicted octanol–water partition coefficient (Wildman–Crippen LogP) is 1.88. The second-order valence-electron chi connectivity index (χ2n) is 3.72. The van der Waals surface area contributed by atoms with Gasteiger partial charge in [-0.1, -0.05) is 0 Å². The van der Waals surface area contributed by atoms with Crippen LogP contribution in [-0.4, -0.2) is 22.4 Å². The minimum absolute atomic E-state index is 0.0486. The Kier molecular flexibility index (Phi) is 4.38. The van der Waals surface area contributed by atoms with E-state index in [0.717, 1.165) is 11.3 Å². The number of amides is 1. The van der Waals surface area contributed by atoms with Gasteiger partial charge in [-0.2, -0.15) is 0 Å². The summed E-state index contributed by atoms with van der Waals surface area (Å²) in [6.07, 6.45) is 4.57. The number of nitrogens with one attached hydrogen (secondary N) is 1. The zero-order valence-corrected chi connectivity index (χ0v) is 10.6. The number of carbonyl (C=O) groups is 1. The van der Waals surface area contributed by atoms with Crippen LogP contribution in [0.2, 0.25) is 0 Å². The summed E-state index contributed by atoms with van der Waals surface area (Å²) in [4.78, 5) is 19.9. The molecule has 18 heavy (non-hydrogen) atoms. The maximum absolute atomic E-state index is 11.5. The lowest BCUT2D eigenvalue weighted by Crippen LogP contribution is -2.13. The Morgan fingerprint density at radius 1 is 1.50 bits per heavy atom. The highest BCUT2D eigenvalue weighted by Gasteiger charge is 2.07. The minimum Gasteiger partial charge on any atom is -0.330 e. The third-order valence-electron chi connectivity index (χ3n) is 2.32. The smallest absolute Gasteiger partial charge is 0.226 e. The van der Waals surface area contributed by atoms with Crippen molar-refractivity contribution in [1.29, 1.82) is 0 Å². The molecule has 0 atom stereocenters. The summed E-state index contributed by atoms with van der Waals surface area (Å²) >= 11 is 1.40. The number of hydrogen-bond donors (Lipinski definition) is 2. The maximum Gasteiger partial charge on any atom is 0.226 e. The first-order chi connectivity index (χ1) is 8.79. The van der Waals surface area contributed by atoms with Crippen LogP contribution in [0.5, 0.6) is 0 Å². The number of anilines is 1. The van der Waals surface area contributed by atoms with E-state index in [9.17, 15) is 4.79 Å². The Hall–Kier alpha value is -1.79. The van der Waals surface area contributed by atoms with Gasteiger partial charge in [0.25, 0.3) is 0 Å². The van der Waals surface area contributed by atoms with Gasteiger partial charge in [0.05, 0.1) is 5.69 Å². The van der Waals surface area contributed by atoms with Crippen LogP contribution in [-0.2, 0) is 4.79 Å². The largest absolute Gasteiger partial charge is 0.330 e. The van der Waals surface area contributed by atoms with Crippen molar-refractivity contribution in [3.05, 3.63) is 29.9 Å². The molecule has 0 aliphatic carbocycles. The van der Waals surface area contributed by atoms with Gasteiger partial charge in [-0.25, -0.2) is 4.98 Å². The lowest BCUT2D eigenvalue weighted by atomic mass is 10.2. The molecule has 0 saturated heterocycles. The van der Waals surface area contributed by atoms with E-state index in [-0.39, 0.29) is 5.91 Å². The Balaban J connectivity index is 2.00. The molecule has 0 spiro atoms. The molecule has 0 unspecified atom stereocenters. The van der Waals surface area contributed by atoms with E-state index in [1.807, 2.05) is 17.5 Å². The predicted molar refractivity (Wildman–Crippen MR) is 72.3 cm³/mol. The van der Waals surface area contributed by atoms with Crippen LogP contribution >= 0.6 is 11.3 Å². The van der Waals surface area contributed by atoms with E-state index < -0.39 is 0 Å². The Morgan fingerprint density at radius 2 is 2.39 bits per heavy atom.